The number of halogens is 1. The molecule has 5 rings (SSSR count). The van der Waals surface area contributed by atoms with Crippen molar-refractivity contribution >= 4 is 34.2 Å². The van der Waals surface area contributed by atoms with E-state index in [-0.39, 0.29) is 11.7 Å². The molecule has 2 heterocycles. The molecule has 0 spiro atoms. The van der Waals surface area contributed by atoms with Gasteiger partial charge in [0.25, 0.3) is 5.91 Å². The fourth-order valence-electron chi connectivity index (χ4n) is 3.25. The summed E-state index contributed by atoms with van der Waals surface area (Å²) in [4.78, 5) is 20.4. The molecule has 0 saturated carbocycles. The maximum atomic E-state index is 12.5. The summed E-state index contributed by atoms with van der Waals surface area (Å²) >= 11 is 6.02. The Hall–Kier alpha value is -3.83. The van der Waals surface area contributed by atoms with Gasteiger partial charge in [0.05, 0.1) is 11.0 Å². The van der Waals surface area contributed by atoms with E-state index in [1.165, 1.54) is 0 Å². The van der Waals surface area contributed by atoms with Gasteiger partial charge >= 0.3 is 0 Å². The lowest BCUT2D eigenvalue weighted by molar-refractivity contribution is 0.0997. The number of nitrogens with zero attached hydrogens (tertiary/aromatic N) is 1. The third-order valence-electron chi connectivity index (χ3n) is 4.74. The van der Waals surface area contributed by atoms with E-state index in [0.29, 0.717) is 16.5 Å². The van der Waals surface area contributed by atoms with Gasteiger partial charge in [0, 0.05) is 21.8 Å². The second kappa shape index (κ2) is 7.54. The van der Waals surface area contributed by atoms with Crippen molar-refractivity contribution in [2.24, 2.45) is 0 Å². The highest BCUT2D eigenvalue weighted by Crippen LogP contribution is 2.26. The molecular formula is C24H16ClN3O2. The third-order valence-corrected chi connectivity index (χ3v) is 4.98. The quantitative estimate of drug-likeness (QED) is 0.358. The topological polar surface area (TPSA) is 70.9 Å². The molecule has 6 heteroatoms. The maximum absolute atomic E-state index is 12.5. The van der Waals surface area contributed by atoms with E-state index in [4.69, 9.17) is 16.0 Å². The number of benzene rings is 3. The maximum Gasteiger partial charge on any atom is 0.291 e. The first-order chi connectivity index (χ1) is 14.7. The van der Waals surface area contributed by atoms with Gasteiger partial charge in [0.2, 0.25) is 0 Å². The van der Waals surface area contributed by atoms with Crippen molar-refractivity contribution in [3.63, 3.8) is 0 Å². The summed E-state index contributed by atoms with van der Waals surface area (Å²) in [5.41, 5.74) is 4.32. The van der Waals surface area contributed by atoms with Crippen molar-refractivity contribution in [3.05, 3.63) is 95.7 Å². The largest absolute Gasteiger partial charge is 0.451 e. The van der Waals surface area contributed by atoms with E-state index < -0.39 is 0 Å². The number of nitrogens with one attached hydrogen (secondary N) is 2. The van der Waals surface area contributed by atoms with Crippen LogP contribution in [0.5, 0.6) is 0 Å². The van der Waals surface area contributed by atoms with Crippen molar-refractivity contribution < 1.29 is 9.21 Å². The Labute approximate surface area is 177 Å². The van der Waals surface area contributed by atoms with Crippen LogP contribution in [0.2, 0.25) is 5.02 Å². The molecule has 0 bridgehead atoms. The van der Waals surface area contributed by atoms with E-state index in [0.717, 1.165) is 28.0 Å². The highest BCUT2D eigenvalue weighted by Gasteiger charge is 2.13. The predicted molar refractivity (Wildman–Crippen MR) is 119 cm³/mol. The Morgan fingerprint density at radius 1 is 0.900 bits per heavy atom. The Bertz CT molecular complexity index is 1320. The normalized spacial score (nSPS) is 11.0. The SMILES string of the molecule is O=C(Nc1ccc(-c2nc3ccccc3[nH]2)cc1)c1ccc(-c2cccc(Cl)c2)o1. The monoisotopic (exact) mass is 413 g/mol. The van der Waals surface area contributed by atoms with Crippen LogP contribution in [0, 0.1) is 0 Å². The van der Waals surface area contributed by atoms with Crippen LogP contribution in [0.25, 0.3) is 33.7 Å². The standard InChI is InChI=1S/C24H16ClN3O2/c25-17-5-3-4-16(14-17)21-12-13-22(30-21)24(29)26-18-10-8-15(9-11-18)23-27-19-6-1-2-7-20(19)28-23/h1-14H,(H,26,29)(H,27,28). The summed E-state index contributed by atoms with van der Waals surface area (Å²) in [5.74, 6) is 1.28. The zero-order chi connectivity index (χ0) is 20.5. The predicted octanol–water partition coefficient (Wildman–Crippen LogP) is 6.40. The molecule has 146 valence electrons. The highest BCUT2D eigenvalue weighted by atomic mass is 35.5. The molecule has 2 aromatic heterocycles. The Morgan fingerprint density at radius 3 is 2.53 bits per heavy atom. The second-order valence-corrected chi connectivity index (χ2v) is 7.24. The molecular weight excluding hydrogens is 398 g/mol. The molecule has 1 amide bonds. The van der Waals surface area contributed by atoms with Gasteiger partial charge in [-0.2, -0.15) is 0 Å². The Kier molecular flexibility index (Phi) is 4.58. The molecule has 0 saturated heterocycles. The van der Waals surface area contributed by atoms with Gasteiger partial charge in [0.1, 0.15) is 11.6 Å². The second-order valence-electron chi connectivity index (χ2n) is 6.81. The van der Waals surface area contributed by atoms with Crippen LogP contribution >= 0.6 is 11.6 Å². The van der Waals surface area contributed by atoms with Gasteiger partial charge in [-0.05, 0) is 60.7 Å². The zero-order valence-electron chi connectivity index (χ0n) is 15.7. The van der Waals surface area contributed by atoms with E-state index in [1.54, 1.807) is 24.3 Å². The number of rotatable bonds is 4. The molecule has 0 aliphatic heterocycles. The number of H-pyrrole nitrogens is 1. The number of imidazole rings is 1. The summed E-state index contributed by atoms with van der Waals surface area (Å²) in [6, 6.07) is 26.1. The van der Waals surface area contributed by atoms with Crippen molar-refractivity contribution in [2.75, 3.05) is 5.32 Å². The van der Waals surface area contributed by atoms with Gasteiger partial charge in [-0.1, -0.05) is 35.9 Å². The minimum atomic E-state index is -0.320. The van der Waals surface area contributed by atoms with Crippen LogP contribution in [0.3, 0.4) is 0 Å². The fraction of sp³-hybridized carbons (Fsp3) is 0. The number of fused-ring (bicyclic) bond motifs is 1. The molecule has 0 fully saturated rings. The van der Waals surface area contributed by atoms with Crippen LogP contribution in [0.4, 0.5) is 5.69 Å². The van der Waals surface area contributed by atoms with Crippen LogP contribution in [-0.4, -0.2) is 15.9 Å². The number of anilines is 1. The number of carbonyl (C=O) groups excluding carboxylic acids is 1. The summed E-state index contributed by atoms with van der Waals surface area (Å²) < 4.78 is 5.70. The van der Waals surface area contributed by atoms with E-state index in [1.807, 2.05) is 60.7 Å². The molecule has 0 atom stereocenters. The average Bonchev–Trinajstić information content (AvgIpc) is 3.42. The number of furan rings is 1. The molecule has 5 aromatic rings. The van der Waals surface area contributed by atoms with Crippen molar-refractivity contribution in [1.29, 1.82) is 0 Å². The summed E-state index contributed by atoms with van der Waals surface area (Å²) in [6.07, 6.45) is 0. The summed E-state index contributed by atoms with van der Waals surface area (Å²) in [5, 5.41) is 3.46. The number of hydrogen-bond donors (Lipinski definition) is 2. The number of aromatic amines is 1. The molecule has 0 unspecified atom stereocenters. The molecule has 0 aliphatic rings. The van der Waals surface area contributed by atoms with E-state index >= 15 is 0 Å². The lowest BCUT2D eigenvalue weighted by atomic mass is 10.2. The van der Waals surface area contributed by atoms with Crippen LogP contribution < -0.4 is 5.32 Å². The van der Waals surface area contributed by atoms with Crippen molar-refractivity contribution in [2.45, 2.75) is 0 Å². The van der Waals surface area contributed by atoms with Gasteiger partial charge in [-0.3, -0.25) is 4.79 Å². The Morgan fingerprint density at radius 2 is 1.73 bits per heavy atom. The van der Waals surface area contributed by atoms with Crippen LogP contribution in [-0.2, 0) is 0 Å². The number of hydrogen-bond acceptors (Lipinski definition) is 3. The van der Waals surface area contributed by atoms with Crippen LogP contribution in [0.1, 0.15) is 10.6 Å². The lowest BCUT2D eigenvalue weighted by Crippen LogP contribution is -2.10. The fourth-order valence-corrected chi connectivity index (χ4v) is 3.44. The van der Waals surface area contributed by atoms with Gasteiger partial charge < -0.3 is 14.7 Å². The third kappa shape index (κ3) is 3.58. The average molecular weight is 414 g/mol. The zero-order valence-corrected chi connectivity index (χ0v) is 16.5. The van der Waals surface area contributed by atoms with Gasteiger partial charge in [-0.25, -0.2) is 4.98 Å². The number of carbonyl (C=O) groups is 1. The molecule has 2 N–H and O–H groups in total. The molecule has 0 radical (unpaired) electrons. The van der Waals surface area contributed by atoms with Crippen molar-refractivity contribution in [3.8, 4) is 22.7 Å². The first-order valence-corrected chi connectivity index (χ1v) is 9.76. The summed E-state index contributed by atoms with van der Waals surface area (Å²) in [6.45, 7) is 0. The van der Waals surface area contributed by atoms with E-state index in [2.05, 4.69) is 15.3 Å². The summed E-state index contributed by atoms with van der Waals surface area (Å²) in [7, 11) is 0. The number of amides is 1. The number of aromatic nitrogens is 2. The van der Waals surface area contributed by atoms with Gasteiger partial charge in [0.15, 0.2) is 5.76 Å². The first kappa shape index (κ1) is 18.2. The van der Waals surface area contributed by atoms with E-state index in [9.17, 15) is 4.79 Å². The Balaban J connectivity index is 1.32. The minimum absolute atomic E-state index is 0.228. The smallest absolute Gasteiger partial charge is 0.291 e. The molecule has 0 aliphatic carbocycles. The number of para-hydroxylation sites is 2. The first-order valence-electron chi connectivity index (χ1n) is 9.38. The van der Waals surface area contributed by atoms with Crippen LogP contribution in [0.15, 0.2) is 89.3 Å². The van der Waals surface area contributed by atoms with Crippen molar-refractivity contribution in [1.82, 2.24) is 9.97 Å². The molecule has 30 heavy (non-hydrogen) atoms. The molecule has 3 aromatic carbocycles. The van der Waals surface area contributed by atoms with Gasteiger partial charge in [-0.15, -0.1) is 0 Å². The lowest BCUT2D eigenvalue weighted by Gasteiger charge is -2.04. The minimum Gasteiger partial charge on any atom is -0.451 e. The molecule has 5 nitrogen and oxygen atoms in total. The highest BCUT2D eigenvalue weighted by molar-refractivity contribution is 6.30.